The van der Waals surface area contributed by atoms with Crippen LogP contribution in [0.2, 0.25) is 0 Å². The lowest BCUT2D eigenvalue weighted by atomic mass is 10.2. The van der Waals surface area contributed by atoms with Gasteiger partial charge in [0.25, 0.3) is 0 Å². The molecule has 1 amide bonds. The highest BCUT2D eigenvalue weighted by atomic mass is 32.2. The van der Waals surface area contributed by atoms with Gasteiger partial charge in [0, 0.05) is 6.04 Å². The van der Waals surface area contributed by atoms with Gasteiger partial charge in [-0.1, -0.05) is 30.3 Å². The van der Waals surface area contributed by atoms with E-state index in [2.05, 4.69) is 29.6 Å². The molecule has 1 atom stereocenters. The molecule has 1 aromatic rings. The van der Waals surface area contributed by atoms with Gasteiger partial charge < -0.3 is 5.32 Å². The number of thioether (sulfide) groups is 1. The van der Waals surface area contributed by atoms with E-state index in [1.807, 2.05) is 13.0 Å². The summed E-state index contributed by atoms with van der Waals surface area (Å²) in [4.78, 5) is 11.7. The van der Waals surface area contributed by atoms with Gasteiger partial charge in [-0.05, 0) is 37.5 Å². The molecule has 0 aliphatic heterocycles. The van der Waals surface area contributed by atoms with Crippen molar-refractivity contribution in [3.05, 3.63) is 35.9 Å². The second kappa shape index (κ2) is 6.10. The van der Waals surface area contributed by atoms with Crippen molar-refractivity contribution in [2.45, 2.75) is 37.5 Å². The standard InChI is InChI=1S/C14H19NOS/c1-11(14(16)15-13-7-8-13)17-10-9-12-5-3-2-4-6-12/h2-6,11,13H,7-10H2,1H3,(H,15,16)/t11-/m0/s1. The summed E-state index contributed by atoms with van der Waals surface area (Å²) < 4.78 is 0. The minimum Gasteiger partial charge on any atom is -0.352 e. The Kier molecular flexibility index (Phi) is 4.49. The van der Waals surface area contributed by atoms with Gasteiger partial charge in [0.1, 0.15) is 0 Å². The molecular weight excluding hydrogens is 230 g/mol. The molecule has 92 valence electrons. The van der Waals surface area contributed by atoms with Gasteiger partial charge in [-0.3, -0.25) is 4.79 Å². The minimum absolute atomic E-state index is 0.0688. The minimum atomic E-state index is 0.0688. The van der Waals surface area contributed by atoms with Crippen LogP contribution >= 0.6 is 11.8 Å². The van der Waals surface area contributed by atoms with Crippen LogP contribution in [-0.2, 0) is 11.2 Å². The molecule has 0 heterocycles. The largest absolute Gasteiger partial charge is 0.352 e. The first-order chi connectivity index (χ1) is 8.25. The van der Waals surface area contributed by atoms with E-state index in [1.165, 1.54) is 5.56 Å². The van der Waals surface area contributed by atoms with Crippen LogP contribution in [0, 0.1) is 0 Å². The van der Waals surface area contributed by atoms with Crippen LogP contribution < -0.4 is 5.32 Å². The van der Waals surface area contributed by atoms with Crippen molar-refractivity contribution in [3.63, 3.8) is 0 Å². The van der Waals surface area contributed by atoms with E-state index in [0.29, 0.717) is 6.04 Å². The summed E-state index contributed by atoms with van der Waals surface area (Å²) in [6, 6.07) is 10.9. The number of hydrogen-bond donors (Lipinski definition) is 1. The molecule has 1 fully saturated rings. The summed E-state index contributed by atoms with van der Waals surface area (Å²) in [7, 11) is 0. The van der Waals surface area contributed by atoms with Gasteiger partial charge in [0.15, 0.2) is 0 Å². The monoisotopic (exact) mass is 249 g/mol. The van der Waals surface area contributed by atoms with E-state index in [1.54, 1.807) is 11.8 Å². The van der Waals surface area contributed by atoms with Crippen molar-refractivity contribution in [2.75, 3.05) is 5.75 Å². The Labute approximate surface area is 107 Å². The fraction of sp³-hybridized carbons (Fsp3) is 0.500. The molecule has 0 aromatic heterocycles. The van der Waals surface area contributed by atoms with Crippen LogP contribution in [0.4, 0.5) is 0 Å². The van der Waals surface area contributed by atoms with Gasteiger partial charge in [-0.15, -0.1) is 11.8 Å². The number of aryl methyl sites for hydroxylation is 1. The number of carbonyl (C=O) groups is 1. The lowest BCUT2D eigenvalue weighted by molar-refractivity contribution is -0.120. The van der Waals surface area contributed by atoms with Gasteiger partial charge in [-0.25, -0.2) is 0 Å². The number of rotatable bonds is 6. The second-order valence-electron chi connectivity index (χ2n) is 4.53. The molecular formula is C14H19NOS. The molecule has 1 aliphatic carbocycles. The summed E-state index contributed by atoms with van der Waals surface area (Å²) in [6.45, 7) is 1.99. The summed E-state index contributed by atoms with van der Waals surface area (Å²) in [5, 5.41) is 3.11. The topological polar surface area (TPSA) is 29.1 Å². The highest BCUT2D eigenvalue weighted by molar-refractivity contribution is 8.00. The van der Waals surface area contributed by atoms with E-state index in [4.69, 9.17) is 0 Å². The zero-order chi connectivity index (χ0) is 12.1. The van der Waals surface area contributed by atoms with Gasteiger partial charge in [-0.2, -0.15) is 0 Å². The molecule has 2 rings (SSSR count). The van der Waals surface area contributed by atoms with Gasteiger partial charge in [0.2, 0.25) is 5.91 Å². The van der Waals surface area contributed by atoms with E-state index < -0.39 is 0 Å². The molecule has 0 saturated heterocycles. The highest BCUT2D eigenvalue weighted by Crippen LogP contribution is 2.20. The third kappa shape index (κ3) is 4.43. The van der Waals surface area contributed by atoms with Crippen molar-refractivity contribution in [1.82, 2.24) is 5.32 Å². The summed E-state index contributed by atoms with van der Waals surface area (Å²) in [5.74, 6) is 1.20. The molecule has 0 radical (unpaired) electrons. The molecule has 1 aliphatic rings. The third-order valence-electron chi connectivity index (χ3n) is 2.89. The normalized spacial score (nSPS) is 16.5. The fourth-order valence-electron chi connectivity index (χ4n) is 1.62. The quantitative estimate of drug-likeness (QED) is 0.839. The fourth-order valence-corrected chi connectivity index (χ4v) is 2.55. The Morgan fingerprint density at radius 2 is 2.12 bits per heavy atom. The third-order valence-corrected chi connectivity index (χ3v) is 4.05. The number of nitrogens with one attached hydrogen (secondary N) is 1. The molecule has 0 unspecified atom stereocenters. The predicted molar refractivity (Wildman–Crippen MR) is 73.2 cm³/mol. The molecule has 1 N–H and O–H groups in total. The van der Waals surface area contributed by atoms with Crippen molar-refractivity contribution in [1.29, 1.82) is 0 Å². The maximum Gasteiger partial charge on any atom is 0.233 e. The molecule has 1 saturated carbocycles. The highest BCUT2D eigenvalue weighted by Gasteiger charge is 2.25. The first kappa shape index (κ1) is 12.5. The summed E-state index contributed by atoms with van der Waals surface area (Å²) in [5.41, 5.74) is 1.34. The average Bonchev–Trinajstić information content (AvgIpc) is 3.14. The Morgan fingerprint density at radius 3 is 2.76 bits per heavy atom. The molecule has 17 heavy (non-hydrogen) atoms. The summed E-state index contributed by atoms with van der Waals surface area (Å²) in [6.07, 6.45) is 3.35. The smallest absolute Gasteiger partial charge is 0.233 e. The molecule has 3 heteroatoms. The first-order valence-corrected chi connectivity index (χ1v) is 7.26. The zero-order valence-electron chi connectivity index (χ0n) is 10.2. The Balaban J connectivity index is 1.65. The molecule has 0 bridgehead atoms. The van der Waals surface area contributed by atoms with Crippen molar-refractivity contribution in [2.24, 2.45) is 0 Å². The number of benzene rings is 1. The maximum atomic E-state index is 11.7. The van der Waals surface area contributed by atoms with E-state index in [9.17, 15) is 4.79 Å². The van der Waals surface area contributed by atoms with E-state index in [-0.39, 0.29) is 11.2 Å². The number of amides is 1. The van der Waals surface area contributed by atoms with Crippen LogP contribution in [0.25, 0.3) is 0 Å². The maximum absolute atomic E-state index is 11.7. The van der Waals surface area contributed by atoms with Crippen LogP contribution in [0.1, 0.15) is 25.3 Å². The van der Waals surface area contributed by atoms with Gasteiger partial charge >= 0.3 is 0 Å². The van der Waals surface area contributed by atoms with Gasteiger partial charge in [0.05, 0.1) is 5.25 Å². The number of hydrogen-bond acceptors (Lipinski definition) is 2. The molecule has 2 nitrogen and oxygen atoms in total. The lowest BCUT2D eigenvalue weighted by Crippen LogP contribution is -2.32. The van der Waals surface area contributed by atoms with E-state index in [0.717, 1.165) is 25.0 Å². The van der Waals surface area contributed by atoms with Crippen molar-refractivity contribution in [3.8, 4) is 0 Å². The molecule has 1 aromatic carbocycles. The first-order valence-electron chi connectivity index (χ1n) is 6.21. The van der Waals surface area contributed by atoms with Crippen LogP contribution in [0.5, 0.6) is 0 Å². The second-order valence-corrected chi connectivity index (χ2v) is 5.98. The Morgan fingerprint density at radius 1 is 1.41 bits per heavy atom. The zero-order valence-corrected chi connectivity index (χ0v) is 11.0. The van der Waals surface area contributed by atoms with Crippen LogP contribution in [0.3, 0.4) is 0 Å². The predicted octanol–water partition coefficient (Wildman–Crippen LogP) is 2.63. The Hall–Kier alpha value is -0.960. The van der Waals surface area contributed by atoms with Crippen molar-refractivity contribution < 1.29 is 4.79 Å². The Bertz CT molecular complexity index is 362. The lowest BCUT2D eigenvalue weighted by Gasteiger charge is -2.11. The molecule has 0 spiro atoms. The van der Waals surface area contributed by atoms with Crippen LogP contribution in [-0.4, -0.2) is 23.0 Å². The average molecular weight is 249 g/mol. The van der Waals surface area contributed by atoms with Crippen molar-refractivity contribution >= 4 is 17.7 Å². The SMILES string of the molecule is C[C@H](SCCc1ccccc1)C(=O)NC1CC1. The number of carbonyl (C=O) groups excluding carboxylic acids is 1. The van der Waals surface area contributed by atoms with Crippen LogP contribution in [0.15, 0.2) is 30.3 Å². The summed E-state index contributed by atoms with van der Waals surface area (Å²) >= 11 is 1.74. The van der Waals surface area contributed by atoms with E-state index >= 15 is 0 Å².